The first-order valence-corrected chi connectivity index (χ1v) is 25.7. The van der Waals surface area contributed by atoms with Gasteiger partial charge >= 0.3 is 17.9 Å². The lowest BCUT2D eigenvalue weighted by atomic mass is 10.0. The van der Waals surface area contributed by atoms with Crippen molar-refractivity contribution in [2.75, 3.05) is 47.5 Å². The number of rotatable bonds is 47. The summed E-state index contributed by atoms with van der Waals surface area (Å²) in [5.74, 6) is -2.01. The molecule has 0 spiro atoms. The standard InChI is InChI=1S/C53H97NO8/c1-6-8-10-12-14-16-18-20-22-23-24-25-26-27-28-29-30-32-34-36-38-40-42-44-51(56)62-49(48-61-53(52(57)58)59-46-45-54(3,4)5)47-60-50(55)43-41-39-37-35-33-31-21-19-17-15-13-11-9-7-2/h18,20,23-24,26-27,49,53H,6-17,19,21-22,25,28-48H2,1-5H3/p+1/b20-18-,24-23-,27-26-. The summed E-state index contributed by atoms with van der Waals surface area (Å²) in [4.78, 5) is 37.2. The van der Waals surface area contributed by atoms with Gasteiger partial charge in [0, 0.05) is 12.8 Å². The second-order valence-corrected chi connectivity index (χ2v) is 18.5. The molecule has 0 amide bonds. The lowest BCUT2D eigenvalue weighted by Gasteiger charge is -2.25. The van der Waals surface area contributed by atoms with Gasteiger partial charge in [0.15, 0.2) is 6.10 Å². The van der Waals surface area contributed by atoms with Crippen LogP contribution in [0.15, 0.2) is 36.5 Å². The zero-order valence-electron chi connectivity index (χ0n) is 41.0. The highest BCUT2D eigenvalue weighted by atomic mass is 16.7. The Kier molecular flexibility index (Phi) is 43.3. The van der Waals surface area contributed by atoms with E-state index in [1.807, 2.05) is 21.1 Å². The average molecular weight is 877 g/mol. The third kappa shape index (κ3) is 45.5. The Morgan fingerprint density at radius 3 is 1.29 bits per heavy atom. The van der Waals surface area contributed by atoms with E-state index in [1.165, 1.54) is 135 Å². The number of nitrogens with zero attached hydrogens (tertiary/aromatic N) is 1. The molecule has 0 radical (unpaired) electrons. The smallest absolute Gasteiger partial charge is 0.361 e. The van der Waals surface area contributed by atoms with Crippen LogP contribution in [-0.2, 0) is 33.3 Å². The van der Waals surface area contributed by atoms with E-state index in [0.29, 0.717) is 23.9 Å². The van der Waals surface area contributed by atoms with Crippen molar-refractivity contribution in [2.45, 2.75) is 238 Å². The monoisotopic (exact) mass is 877 g/mol. The van der Waals surface area contributed by atoms with Crippen LogP contribution in [0.5, 0.6) is 0 Å². The van der Waals surface area contributed by atoms with Gasteiger partial charge in [-0.25, -0.2) is 4.79 Å². The molecule has 0 aliphatic rings. The normalized spacial score (nSPS) is 13.1. The zero-order chi connectivity index (χ0) is 45.6. The van der Waals surface area contributed by atoms with Crippen LogP contribution < -0.4 is 0 Å². The Hall–Kier alpha value is -2.49. The fourth-order valence-corrected chi connectivity index (χ4v) is 7.14. The average Bonchev–Trinajstić information content (AvgIpc) is 3.23. The SMILES string of the molecule is CCCCCCC/C=C\C/C=C\C/C=C\CCCCCCCCCCC(=O)OC(COC(=O)CCCCCCCCCCCCCCCC)COC(OCC[N+](C)(C)C)C(=O)O. The van der Waals surface area contributed by atoms with Gasteiger partial charge in [-0.15, -0.1) is 0 Å². The number of carbonyl (C=O) groups excluding carboxylic acids is 2. The highest BCUT2D eigenvalue weighted by Gasteiger charge is 2.25. The molecule has 2 unspecified atom stereocenters. The van der Waals surface area contributed by atoms with Crippen molar-refractivity contribution in [2.24, 2.45) is 0 Å². The predicted octanol–water partition coefficient (Wildman–Crippen LogP) is 14.2. The Morgan fingerprint density at radius 1 is 0.484 bits per heavy atom. The number of ether oxygens (including phenoxy) is 4. The van der Waals surface area contributed by atoms with Gasteiger partial charge in [0.25, 0.3) is 6.29 Å². The quantitative estimate of drug-likeness (QED) is 0.0212. The maximum atomic E-state index is 12.8. The van der Waals surface area contributed by atoms with Crippen LogP contribution in [0, 0.1) is 0 Å². The van der Waals surface area contributed by atoms with Crippen LogP contribution in [0.4, 0.5) is 0 Å². The molecule has 62 heavy (non-hydrogen) atoms. The summed E-state index contributed by atoms with van der Waals surface area (Å²) in [6.07, 6.45) is 49.1. The van der Waals surface area contributed by atoms with Crippen LogP contribution in [0.1, 0.15) is 226 Å². The van der Waals surface area contributed by atoms with Crippen LogP contribution >= 0.6 is 0 Å². The minimum absolute atomic E-state index is 0.182. The summed E-state index contributed by atoms with van der Waals surface area (Å²) in [6, 6.07) is 0. The van der Waals surface area contributed by atoms with Crippen molar-refractivity contribution in [3.63, 3.8) is 0 Å². The highest BCUT2D eigenvalue weighted by Crippen LogP contribution is 2.15. The molecule has 0 aliphatic carbocycles. The molecular weight excluding hydrogens is 779 g/mol. The number of quaternary nitrogens is 1. The van der Waals surface area contributed by atoms with Gasteiger partial charge in [-0.3, -0.25) is 9.59 Å². The number of carboxylic acids is 1. The van der Waals surface area contributed by atoms with Crippen LogP contribution in [0.3, 0.4) is 0 Å². The molecule has 0 aromatic carbocycles. The van der Waals surface area contributed by atoms with Gasteiger partial charge < -0.3 is 28.5 Å². The van der Waals surface area contributed by atoms with Crippen molar-refractivity contribution >= 4 is 17.9 Å². The minimum atomic E-state index is -1.51. The molecule has 0 rings (SSSR count). The number of allylic oxidation sites excluding steroid dienone is 6. The molecule has 0 heterocycles. The van der Waals surface area contributed by atoms with E-state index in [9.17, 15) is 19.5 Å². The highest BCUT2D eigenvalue weighted by molar-refractivity contribution is 5.71. The number of esters is 2. The topological polar surface area (TPSA) is 108 Å². The summed E-state index contributed by atoms with van der Waals surface area (Å²) >= 11 is 0. The van der Waals surface area contributed by atoms with Crippen LogP contribution in [0.25, 0.3) is 0 Å². The number of aliphatic carboxylic acids is 1. The molecule has 0 fully saturated rings. The van der Waals surface area contributed by atoms with E-state index in [1.54, 1.807) is 0 Å². The van der Waals surface area contributed by atoms with Crippen LogP contribution in [0.2, 0.25) is 0 Å². The summed E-state index contributed by atoms with van der Waals surface area (Å²) in [6.45, 7) is 4.87. The van der Waals surface area contributed by atoms with Gasteiger partial charge in [0.2, 0.25) is 0 Å². The minimum Gasteiger partial charge on any atom is -0.477 e. The predicted molar refractivity (Wildman–Crippen MR) is 258 cm³/mol. The van der Waals surface area contributed by atoms with Gasteiger partial charge in [-0.1, -0.05) is 198 Å². The van der Waals surface area contributed by atoms with E-state index in [0.717, 1.165) is 57.8 Å². The Morgan fingerprint density at radius 2 is 0.871 bits per heavy atom. The summed E-state index contributed by atoms with van der Waals surface area (Å²) in [7, 11) is 5.96. The molecule has 9 nitrogen and oxygen atoms in total. The Balaban J connectivity index is 4.33. The number of carboxylic acid groups (broad SMARTS) is 1. The summed E-state index contributed by atoms with van der Waals surface area (Å²) in [5.41, 5.74) is 0. The first kappa shape index (κ1) is 59.5. The number of unbranched alkanes of at least 4 members (excludes halogenated alkanes) is 26. The van der Waals surface area contributed by atoms with Gasteiger partial charge in [0.05, 0.1) is 34.4 Å². The molecule has 0 saturated heterocycles. The fraction of sp³-hybridized carbons (Fsp3) is 0.830. The van der Waals surface area contributed by atoms with Crippen molar-refractivity contribution in [1.82, 2.24) is 0 Å². The molecule has 9 heteroatoms. The Bertz CT molecular complexity index is 1110. The summed E-state index contributed by atoms with van der Waals surface area (Å²) < 4.78 is 22.8. The van der Waals surface area contributed by atoms with E-state index >= 15 is 0 Å². The first-order chi connectivity index (χ1) is 30.1. The van der Waals surface area contributed by atoms with E-state index in [-0.39, 0.29) is 32.2 Å². The molecule has 0 aromatic rings. The largest absolute Gasteiger partial charge is 0.477 e. The van der Waals surface area contributed by atoms with Gasteiger partial charge in [-0.2, -0.15) is 0 Å². The maximum Gasteiger partial charge on any atom is 0.361 e. The first-order valence-electron chi connectivity index (χ1n) is 25.7. The second-order valence-electron chi connectivity index (χ2n) is 18.5. The van der Waals surface area contributed by atoms with E-state index in [2.05, 4.69) is 50.3 Å². The molecular formula is C53H98NO8+. The third-order valence-electron chi connectivity index (χ3n) is 11.1. The van der Waals surface area contributed by atoms with E-state index in [4.69, 9.17) is 18.9 Å². The molecule has 0 saturated carbocycles. The van der Waals surface area contributed by atoms with Crippen molar-refractivity contribution in [1.29, 1.82) is 0 Å². The molecule has 0 aliphatic heterocycles. The number of hydrogen-bond donors (Lipinski definition) is 1. The molecule has 1 N–H and O–H groups in total. The lowest BCUT2D eigenvalue weighted by Crippen LogP contribution is -2.40. The lowest BCUT2D eigenvalue weighted by molar-refractivity contribution is -0.870. The number of carbonyl (C=O) groups is 3. The summed E-state index contributed by atoms with van der Waals surface area (Å²) in [5, 5.41) is 9.66. The van der Waals surface area contributed by atoms with Gasteiger partial charge in [-0.05, 0) is 51.4 Å². The van der Waals surface area contributed by atoms with E-state index < -0.39 is 24.3 Å². The van der Waals surface area contributed by atoms with Crippen molar-refractivity contribution in [3.8, 4) is 0 Å². The third-order valence-corrected chi connectivity index (χ3v) is 11.1. The fourth-order valence-electron chi connectivity index (χ4n) is 7.14. The molecule has 362 valence electrons. The molecule has 0 bridgehead atoms. The Labute approximate surface area is 381 Å². The zero-order valence-corrected chi connectivity index (χ0v) is 41.0. The second kappa shape index (κ2) is 45.1. The van der Waals surface area contributed by atoms with Gasteiger partial charge in [0.1, 0.15) is 13.2 Å². The number of hydrogen-bond acceptors (Lipinski definition) is 7. The maximum absolute atomic E-state index is 12.8. The van der Waals surface area contributed by atoms with Crippen molar-refractivity contribution in [3.05, 3.63) is 36.5 Å². The number of likely N-dealkylation sites (N-methyl/N-ethyl adjacent to an activating group) is 1. The van der Waals surface area contributed by atoms with Crippen molar-refractivity contribution < 1.29 is 42.9 Å². The van der Waals surface area contributed by atoms with Crippen LogP contribution in [-0.4, -0.2) is 87.4 Å². The molecule has 0 aromatic heterocycles. The molecule has 2 atom stereocenters.